The number of benzene rings is 1. The summed E-state index contributed by atoms with van der Waals surface area (Å²) in [6, 6.07) is 4.69. The van der Waals surface area contributed by atoms with E-state index in [-0.39, 0.29) is 19.4 Å². The van der Waals surface area contributed by atoms with Crippen molar-refractivity contribution in [2.75, 3.05) is 20.8 Å². The lowest BCUT2D eigenvalue weighted by atomic mass is 10.3. The van der Waals surface area contributed by atoms with Gasteiger partial charge in [-0.2, -0.15) is 0 Å². The van der Waals surface area contributed by atoms with Crippen LogP contribution in [0.2, 0.25) is 0 Å². The third kappa shape index (κ3) is 4.82. The van der Waals surface area contributed by atoms with Crippen molar-refractivity contribution in [2.24, 2.45) is 0 Å². The molecule has 7 heteroatoms. The molecule has 0 saturated heterocycles. The maximum absolute atomic E-state index is 11.4. The van der Waals surface area contributed by atoms with Crippen LogP contribution in [0.4, 0.5) is 0 Å². The maximum atomic E-state index is 11.4. The van der Waals surface area contributed by atoms with E-state index in [9.17, 15) is 14.9 Å². The largest absolute Gasteiger partial charge is 0.493 e. The summed E-state index contributed by atoms with van der Waals surface area (Å²) in [5, 5.41) is 10.1. The molecule has 0 aliphatic carbocycles. The highest BCUT2D eigenvalue weighted by Gasteiger charge is 2.10. The van der Waals surface area contributed by atoms with Crippen LogP contribution >= 0.6 is 0 Å². The lowest BCUT2D eigenvalue weighted by molar-refractivity contribution is -0.480. The highest BCUT2D eigenvalue weighted by Crippen LogP contribution is 2.30. The Labute approximate surface area is 110 Å². The molecule has 7 nitrogen and oxygen atoms in total. The van der Waals surface area contributed by atoms with Gasteiger partial charge in [0.15, 0.2) is 11.5 Å². The van der Waals surface area contributed by atoms with Gasteiger partial charge in [0.05, 0.1) is 20.6 Å². The van der Waals surface area contributed by atoms with Crippen molar-refractivity contribution in [2.45, 2.75) is 12.8 Å². The quantitative estimate of drug-likeness (QED) is 0.324. The summed E-state index contributed by atoms with van der Waals surface area (Å²) in [6.07, 6.45) is 0.147. The van der Waals surface area contributed by atoms with Crippen molar-refractivity contribution >= 4 is 5.97 Å². The van der Waals surface area contributed by atoms with Gasteiger partial charge < -0.3 is 14.2 Å². The lowest BCUT2D eigenvalue weighted by Crippen LogP contribution is -2.10. The van der Waals surface area contributed by atoms with E-state index in [1.54, 1.807) is 12.1 Å². The molecule has 0 amide bonds. The van der Waals surface area contributed by atoms with Gasteiger partial charge in [0, 0.05) is 17.4 Å². The Kier molecular flexibility index (Phi) is 5.59. The van der Waals surface area contributed by atoms with Crippen molar-refractivity contribution in [1.82, 2.24) is 0 Å². The average molecular weight is 269 g/mol. The highest BCUT2D eigenvalue weighted by molar-refractivity contribution is 5.72. The Balaban J connectivity index is 2.57. The Morgan fingerprint density at radius 3 is 2.53 bits per heavy atom. The Morgan fingerprint density at radius 1 is 1.26 bits per heavy atom. The summed E-state index contributed by atoms with van der Waals surface area (Å²) < 4.78 is 15.2. The third-order valence-electron chi connectivity index (χ3n) is 2.31. The molecular formula is C12H15NO6. The molecule has 0 N–H and O–H groups in total. The summed E-state index contributed by atoms with van der Waals surface area (Å²) in [6.45, 7) is -0.249. The first kappa shape index (κ1) is 14.7. The van der Waals surface area contributed by atoms with Crippen molar-refractivity contribution in [1.29, 1.82) is 0 Å². The van der Waals surface area contributed by atoms with Gasteiger partial charge in [0.2, 0.25) is 6.54 Å². The first-order valence-corrected chi connectivity index (χ1v) is 5.61. The van der Waals surface area contributed by atoms with E-state index in [2.05, 4.69) is 0 Å². The second-order valence-corrected chi connectivity index (χ2v) is 3.65. The third-order valence-corrected chi connectivity index (χ3v) is 2.31. The molecule has 1 aromatic rings. The van der Waals surface area contributed by atoms with Crippen LogP contribution in [0.3, 0.4) is 0 Å². The van der Waals surface area contributed by atoms with Gasteiger partial charge in [-0.25, -0.2) is 0 Å². The number of nitro groups is 1. The Bertz CT molecular complexity index is 460. The van der Waals surface area contributed by atoms with Gasteiger partial charge in [-0.3, -0.25) is 14.9 Å². The summed E-state index contributed by atoms with van der Waals surface area (Å²) in [5.74, 6) is 0.756. The van der Waals surface area contributed by atoms with Crippen LogP contribution in [0.25, 0.3) is 0 Å². The van der Waals surface area contributed by atoms with Gasteiger partial charge in [0.1, 0.15) is 5.75 Å². The molecule has 0 unspecified atom stereocenters. The van der Waals surface area contributed by atoms with Gasteiger partial charge >= 0.3 is 5.97 Å². The smallest absolute Gasteiger partial charge is 0.311 e. The predicted octanol–water partition coefficient (Wildman–Crippen LogP) is 1.67. The molecule has 0 aromatic heterocycles. The van der Waals surface area contributed by atoms with Gasteiger partial charge in [0.25, 0.3) is 0 Å². The summed E-state index contributed by atoms with van der Waals surface area (Å²) in [4.78, 5) is 21.1. The zero-order valence-electron chi connectivity index (χ0n) is 10.8. The molecule has 0 fully saturated rings. The van der Waals surface area contributed by atoms with Crippen LogP contribution in [-0.2, 0) is 4.79 Å². The van der Waals surface area contributed by atoms with Crippen LogP contribution < -0.4 is 14.2 Å². The predicted molar refractivity (Wildman–Crippen MR) is 66.3 cm³/mol. The zero-order valence-corrected chi connectivity index (χ0v) is 10.8. The first-order chi connectivity index (χ1) is 9.06. The zero-order chi connectivity index (χ0) is 14.3. The van der Waals surface area contributed by atoms with Gasteiger partial charge in [-0.05, 0) is 12.1 Å². The van der Waals surface area contributed by atoms with Crippen LogP contribution in [0, 0.1) is 10.1 Å². The van der Waals surface area contributed by atoms with Crippen molar-refractivity contribution < 1.29 is 23.9 Å². The van der Waals surface area contributed by atoms with Crippen molar-refractivity contribution in [3.63, 3.8) is 0 Å². The van der Waals surface area contributed by atoms with E-state index >= 15 is 0 Å². The number of esters is 1. The fourth-order valence-electron chi connectivity index (χ4n) is 1.42. The first-order valence-electron chi connectivity index (χ1n) is 5.61. The molecule has 0 aliphatic heterocycles. The molecule has 1 aromatic carbocycles. The van der Waals surface area contributed by atoms with E-state index in [0.717, 1.165) is 0 Å². The van der Waals surface area contributed by atoms with Crippen LogP contribution in [0.1, 0.15) is 12.8 Å². The SMILES string of the molecule is COc1ccc(OC(=O)CCC[N+](=O)[O-])cc1OC. The summed E-state index contributed by atoms with van der Waals surface area (Å²) in [5.41, 5.74) is 0. The number of carbonyl (C=O) groups is 1. The number of rotatable bonds is 7. The molecule has 0 radical (unpaired) electrons. The molecular weight excluding hydrogens is 254 g/mol. The van der Waals surface area contributed by atoms with E-state index < -0.39 is 10.9 Å². The average Bonchev–Trinajstić information content (AvgIpc) is 2.38. The Hall–Kier alpha value is -2.31. The van der Waals surface area contributed by atoms with E-state index in [4.69, 9.17) is 14.2 Å². The summed E-state index contributed by atoms with van der Waals surface area (Å²) >= 11 is 0. The second kappa shape index (κ2) is 7.20. The molecule has 0 heterocycles. The minimum atomic E-state index is -0.519. The Morgan fingerprint density at radius 2 is 1.95 bits per heavy atom. The molecule has 1 rings (SSSR count). The topological polar surface area (TPSA) is 87.9 Å². The molecule has 0 aliphatic rings. The van der Waals surface area contributed by atoms with Crippen LogP contribution in [0.15, 0.2) is 18.2 Å². The second-order valence-electron chi connectivity index (χ2n) is 3.65. The fraction of sp³-hybridized carbons (Fsp3) is 0.417. The minimum absolute atomic E-state index is 0.00464. The highest BCUT2D eigenvalue weighted by atomic mass is 16.6. The standard InChI is InChI=1S/C12H15NO6/c1-17-10-6-5-9(8-11(10)18-2)19-12(14)4-3-7-13(15)16/h5-6,8H,3-4,7H2,1-2H3. The van der Waals surface area contributed by atoms with E-state index in [1.165, 1.54) is 20.3 Å². The molecule has 0 spiro atoms. The number of nitrogens with zero attached hydrogens (tertiary/aromatic N) is 1. The molecule has 0 atom stereocenters. The summed E-state index contributed by atoms with van der Waals surface area (Å²) in [7, 11) is 2.97. The van der Waals surface area contributed by atoms with Crippen LogP contribution in [-0.4, -0.2) is 31.7 Å². The number of hydrogen-bond acceptors (Lipinski definition) is 6. The lowest BCUT2D eigenvalue weighted by Gasteiger charge is -2.09. The van der Waals surface area contributed by atoms with Crippen molar-refractivity contribution in [3.8, 4) is 17.2 Å². The van der Waals surface area contributed by atoms with Crippen LogP contribution in [0.5, 0.6) is 17.2 Å². The monoisotopic (exact) mass is 269 g/mol. The van der Waals surface area contributed by atoms with Gasteiger partial charge in [-0.15, -0.1) is 0 Å². The maximum Gasteiger partial charge on any atom is 0.311 e. The van der Waals surface area contributed by atoms with Gasteiger partial charge in [-0.1, -0.05) is 0 Å². The number of methoxy groups -OCH3 is 2. The number of carbonyl (C=O) groups excluding carboxylic acids is 1. The van der Waals surface area contributed by atoms with E-state index in [1.807, 2.05) is 0 Å². The van der Waals surface area contributed by atoms with E-state index in [0.29, 0.717) is 17.2 Å². The minimum Gasteiger partial charge on any atom is -0.493 e. The fourth-order valence-corrected chi connectivity index (χ4v) is 1.42. The number of hydrogen-bond donors (Lipinski definition) is 0. The number of ether oxygens (including phenoxy) is 3. The molecule has 19 heavy (non-hydrogen) atoms. The molecule has 0 saturated carbocycles. The molecule has 104 valence electrons. The normalized spacial score (nSPS) is 9.79. The molecule has 0 bridgehead atoms. The van der Waals surface area contributed by atoms with Crippen molar-refractivity contribution in [3.05, 3.63) is 28.3 Å².